The summed E-state index contributed by atoms with van der Waals surface area (Å²) in [6.07, 6.45) is 4.19. The molecule has 0 unspecified atom stereocenters. The molecule has 1 aromatic heterocycles. The molecule has 2 N–H and O–H groups in total. The van der Waals surface area contributed by atoms with Gasteiger partial charge in [0.05, 0.1) is 13.3 Å². The average molecular weight is 285 g/mol. The minimum Gasteiger partial charge on any atom is -0.497 e. The molecule has 0 spiro atoms. The quantitative estimate of drug-likeness (QED) is 0.724. The Hall–Kier alpha value is -2.63. The van der Waals surface area contributed by atoms with E-state index in [-0.39, 0.29) is 0 Å². The smallest absolute Gasteiger partial charge is 0.244 e. The number of benzene rings is 1. The van der Waals surface area contributed by atoms with Crippen molar-refractivity contribution in [3.63, 3.8) is 0 Å². The van der Waals surface area contributed by atoms with Crippen molar-refractivity contribution >= 4 is 11.8 Å². The van der Waals surface area contributed by atoms with Crippen molar-refractivity contribution < 1.29 is 4.74 Å². The summed E-state index contributed by atoms with van der Waals surface area (Å²) in [6, 6.07) is 7.99. The van der Waals surface area contributed by atoms with Gasteiger partial charge < -0.3 is 15.4 Å². The molecule has 2 aromatic rings. The maximum atomic E-state index is 5.20. The zero-order valence-corrected chi connectivity index (χ0v) is 12.0. The van der Waals surface area contributed by atoms with Crippen LogP contribution in [0.3, 0.4) is 0 Å². The first-order valence-electron chi connectivity index (χ1n) is 6.73. The van der Waals surface area contributed by atoms with Gasteiger partial charge in [0.2, 0.25) is 5.95 Å². The van der Waals surface area contributed by atoms with Crippen molar-refractivity contribution in [1.82, 2.24) is 15.2 Å². The predicted octanol–water partition coefficient (Wildman–Crippen LogP) is 2.13. The fraction of sp³-hybridized carbons (Fsp3) is 0.267. The van der Waals surface area contributed by atoms with Crippen LogP contribution in [0.15, 0.2) is 43.1 Å². The highest BCUT2D eigenvalue weighted by Crippen LogP contribution is 2.13. The van der Waals surface area contributed by atoms with Crippen LogP contribution < -0.4 is 15.4 Å². The van der Waals surface area contributed by atoms with E-state index in [1.165, 1.54) is 5.56 Å². The van der Waals surface area contributed by atoms with Gasteiger partial charge in [0.1, 0.15) is 5.75 Å². The van der Waals surface area contributed by atoms with Crippen molar-refractivity contribution in [3.05, 3.63) is 48.7 Å². The zero-order chi connectivity index (χ0) is 14.9. The lowest BCUT2D eigenvalue weighted by molar-refractivity contribution is 0.414. The lowest BCUT2D eigenvalue weighted by atomic mass is 10.1. The third-order valence-corrected chi connectivity index (χ3v) is 2.82. The summed E-state index contributed by atoms with van der Waals surface area (Å²) in [4.78, 5) is 4.31. The minimum absolute atomic E-state index is 0.506. The van der Waals surface area contributed by atoms with Crippen LogP contribution in [-0.4, -0.2) is 35.4 Å². The van der Waals surface area contributed by atoms with E-state index in [1.54, 1.807) is 19.4 Å². The van der Waals surface area contributed by atoms with Crippen LogP contribution in [-0.2, 0) is 6.42 Å². The van der Waals surface area contributed by atoms with Gasteiger partial charge in [-0.25, -0.2) is 0 Å². The van der Waals surface area contributed by atoms with Crippen molar-refractivity contribution in [1.29, 1.82) is 0 Å². The molecule has 0 atom stereocenters. The maximum Gasteiger partial charge on any atom is 0.244 e. The van der Waals surface area contributed by atoms with Gasteiger partial charge in [0.25, 0.3) is 0 Å². The van der Waals surface area contributed by atoms with E-state index in [9.17, 15) is 0 Å². The summed E-state index contributed by atoms with van der Waals surface area (Å²) < 4.78 is 5.20. The Morgan fingerprint density at radius 3 is 3.05 bits per heavy atom. The first-order valence-corrected chi connectivity index (χ1v) is 6.73. The Kier molecular flexibility index (Phi) is 5.51. The molecule has 0 aliphatic heterocycles. The van der Waals surface area contributed by atoms with Gasteiger partial charge in [-0.3, -0.25) is 0 Å². The molecule has 0 radical (unpaired) electrons. The van der Waals surface area contributed by atoms with Gasteiger partial charge in [-0.15, -0.1) is 11.7 Å². The second-order valence-corrected chi connectivity index (χ2v) is 4.36. The fourth-order valence-corrected chi connectivity index (χ4v) is 1.79. The Morgan fingerprint density at radius 1 is 1.33 bits per heavy atom. The molecule has 6 heteroatoms. The molecular weight excluding hydrogens is 266 g/mol. The molecule has 0 saturated heterocycles. The third kappa shape index (κ3) is 4.76. The van der Waals surface area contributed by atoms with E-state index in [2.05, 4.69) is 38.5 Å². The SMILES string of the molecule is C=CCNc1cnnc(NCCc2cccc(OC)c2)n1. The minimum atomic E-state index is 0.506. The molecule has 21 heavy (non-hydrogen) atoms. The summed E-state index contributed by atoms with van der Waals surface area (Å²) in [5.74, 6) is 2.04. The lowest BCUT2D eigenvalue weighted by Crippen LogP contribution is -2.10. The molecule has 110 valence electrons. The molecule has 6 nitrogen and oxygen atoms in total. The molecule has 2 rings (SSSR count). The number of ether oxygens (including phenoxy) is 1. The summed E-state index contributed by atoms with van der Waals surface area (Å²) in [7, 11) is 1.67. The average Bonchev–Trinajstić information content (AvgIpc) is 2.53. The van der Waals surface area contributed by atoms with Crippen LogP contribution in [0.4, 0.5) is 11.8 Å². The van der Waals surface area contributed by atoms with Gasteiger partial charge in [-0.2, -0.15) is 10.1 Å². The summed E-state index contributed by atoms with van der Waals surface area (Å²) in [5.41, 5.74) is 1.19. The maximum absolute atomic E-state index is 5.20. The number of anilines is 2. The molecule has 0 saturated carbocycles. The summed E-state index contributed by atoms with van der Waals surface area (Å²) >= 11 is 0. The van der Waals surface area contributed by atoms with E-state index >= 15 is 0 Å². The number of methoxy groups -OCH3 is 1. The number of nitrogens with zero attached hydrogens (tertiary/aromatic N) is 3. The second-order valence-electron chi connectivity index (χ2n) is 4.36. The highest BCUT2D eigenvalue weighted by Gasteiger charge is 2.00. The number of nitrogens with one attached hydrogen (secondary N) is 2. The monoisotopic (exact) mass is 285 g/mol. The molecule has 1 aromatic carbocycles. The lowest BCUT2D eigenvalue weighted by Gasteiger charge is -2.07. The topological polar surface area (TPSA) is 72.0 Å². The van der Waals surface area contributed by atoms with Crippen molar-refractivity contribution in [2.24, 2.45) is 0 Å². The van der Waals surface area contributed by atoms with Gasteiger partial charge >= 0.3 is 0 Å². The van der Waals surface area contributed by atoms with E-state index in [4.69, 9.17) is 4.74 Å². The Bertz CT molecular complexity index is 588. The number of rotatable bonds is 8. The van der Waals surface area contributed by atoms with Gasteiger partial charge in [-0.05, 0) is 24.1 Å². The highest BCUT2D eigenvalue weighted by molar-refractivity contribution is 5.37. The molecule has 0 aliphatic rings. The van der Waals surface area contributed by atoms with Crippen LogP contribution in [0.1, 0.15) is 5.56 Å². The molecule has 0 amide bonds. The standard InChI is InChI=1S/C15H19N5O/c1-3-8-16-14-11-18-20-15(19-14)17-9-7-12-5-4-6-13(10-12)21-2/h3-6,10-11H,1,7-9H2,2H3,(H2,16,17,19,20). The van der Waals surface area contributed by atoms with E-state index in [0.717, 1.165) is 18.7 Å². The van der Waals surface area contributed by atoms with E-state index < -0.39 is 0 Å². The van der Waals surface area contributed by atoms with Crippen molar-refractivity contribution in [2.75, 3.05) is 30.8 Å². The highest BCUT2D eigenvalue weighted by atomic mass is 16.5. The summed E-state index contributed by atoms with van der Waals surface area (Å²) in [5, 5.41) is 14.1. The number of aromatic nitrogens is 3. The van der Waals surface area contributed by atoms with E-state index in [1.807, 2.05) is 18.2 Å². The first kappa shape index (κ1) is 14.8. The van der Waals surface area contributed by atoms with E-state index in [0.29, 0.717) is 18.3 Å². The van der Waals surface area contributed by atoms with Crippen molar-refractivity contribution in [3.8, 4) is 5.75 Å². The second kappa shape index (κ2) is 7.84. The molecule has 0 bridgehead atoms. The Morgan fingerprint density at radius 2 is 2.24 bits per heavy atom. The van der Waals surface area contributed by atoms with Crippen LogP contribution >= 0.6 is 0 Å². The van der Waals surface area contributed by atoms with Crippen LogP contribution in [0.2, 0.25) is 0 Å². The largest absolute Gasteiger partial charge is 0.497 e. The first-order chi connectivity index (χ1) is 10.3. The van der Waals surface area contributed by atoms with Gasteiger partial charge in [0.15, 0.2) is 5.82 Å². The molecular formula is C15H19N5O. The van der Waals surface area contributed by atoms with Gasteiger partial charge in [-0.1, -0.05) is 18.2 Å². The summed E-state index contributed by atoms with van der Waals surface area (Å²) in [6.45, 7) is 5.01. The molecule has 1 heterocycles. The van der Waals surface area contributed by atoms with Crippen molar-refractivity contribution in [2.45, 2.75) is 6.42 Å². The number of hydrogen-bond donors (Lipinski definition) is 2. The zero-order valence-electron chi connectivity index (χ0n) is 12.0. The number of hydrogen-bond acceptors (Lipinski definition) is 6. The predicted molar refractivity (Wildman–Crippen MR) is 83.7 cm³/mol. The molecule has 0 fully saturated rings. The Balaban J connectivity index is 1.86. The van der Waals surface area contributed by atoms with Crippen LogP contribution in [0.25, 0.3) is 0 Å². The Labute approximate surface area is 124 Å². The normalized spacial score (nSPS) is 9.95. The van der Waals surface area contributed by atoms with Gasteiger partial charge in [0, 0.05) is 13.1 Å². The fourth-order valence-electron chi connectivity index (χ4n) is 1.79. The third-order valence-electron chi connectivity index (χ3n) is 2.82. The van der Waals surface area contributed by atoms with Crippen LogP contribution in [0, 0.1) is 0 Å². The molecule has 0 aliphatic carbocycles. The van der Waals surface area contributed by atoms with Crippen LogP contribution in [0.5, 0.6) is 5.75 Å².